The fourth-order valence-corrected chi connectivity index (χ4v) is 5.26. The van der Waals surface area contributed by atoms with Gasteiger partial charge >= 0.3 is 0 Å². The second-order valence-corrected chi connectivity index (χ2v) is 10.4. The minimum Gasteiger partial charge on any atom is -0.467 e. The Morgan fingerprint density at radius 1 is 1.19 bits per heavy atom. The fraction of sp³-hybridized carbons (Fsp3) is 0.875. The van der Waals surface area contributed by atoms with E-state index in [4.69, 9.17) is 35.5 Å². The molecule has 2 heterocycles. The number of ether oxygens (including phenoxy) is 4. The largest absolute Gasteiger partial charge is 0.467 e. The third-order valence-electron chi connectivity index (χ3n) is 7.30. The van der Waals surface area contributed by atoms with E-state index in [0.29, 0.717) is 38.1 Å². The first-order chi connectivity index (χ1) is 17.6. The Morgan fingerprint density at radius 2 is 1.92 bits per heavy atom. The summed E-state index contributed by atoms with van der Waals surface area (Å²) in [5, 5.41) is 47.6. The molecule has 3 rings (SSSR count). The van der Waals surface area contributed by atoms with Gasteiger partial charge in [0, 0.05) is 19.1 Å². The van der Waals surface area contributed by atoms with Crippen LogP contribution in [0.5, 0.6) is 0 Å². The number of aldehydes is 1. The van der Waals surface area contributed by atoms with Crippen molar-refractivity contribution in [2.75, 3.05) is 33.4 Å². The second-order valence-electron chi connectivity index (χ2n) is 10.4. The lowest BCUT2D eigenvalue weighted by molar-refractivity contribution is -0.308. The minimum atomic E-state index is -1.33. The lowest BCUT2D eigenvalue weighted by atomic mass is 9.78. The van der Waals surface area contributed by atoms with Crippen LogP contribution >= 0.6 is 0 Å². The molecule has 3 aliphatic rings. The normalized spacial score (nSPS) is 42.6. The van der Waals surface area contributed by atoms with Crippen LogP contribution in [0.25, 0.3) is 0 Å². The maximum absolute atomic E-state index is 11.4. The number of hydrogen-bond acceptors (Lipinski definition) is 13. The van der Waals surface area contributed by atoms with Gasteiger partial charge in [-0.1, -0.05) is 0 Å². The first-order valence-electron chi connectivity index (χ1n) is 12.9. The van der Waals surface area contributed by atoms with Crippen LogP contribution in [0.15, 0.2) is 11.8 Å². The maximum Gasteiger partial charge on any atom is 0.215 e. The molecule has 11 atom stereocenters. The second kappa shape index (κ2) is 13.7. The fourth-order valence-electron chi connectivity index (χ4n) is 5.26. The highest BCUT2D eigenvalue weighted by Crippen LogP contribution is 2.35. The summed E-state index contributed by atoms with van der Waals surface area (Å²) in [6.45, 7) is 2.59. The van der Waals surface area contributed by atoms with Crippen molar-refractivity contribution >= 4 is 6.29 Å². The Morgan fingerprint density at radius 3 is 2.59 bits per heavy atom. The van der Waals surface area contributed by atoms with Crippen LogP contribution < -0.4 is 22.1 Å². The molecular formula is C24H44N4O9. The molecule has 13 nitrogen and oxygen atoms in total. The van der Waals surface area contributed by atoms with Gasteiger partial charge < -0.3 is 66.3 Å². The quantitative estimate of drug-likeness (QED) is 0.0934. The number of rotatable bonds is 12. The molecule has 0 aromatic heterocycles. The van der Waals surface area contributed by atoms with Crippen LogP contribution in [0.1, 0.15) is 32.6 Å². The molecule has 2 fully saturated rings. The molecule has 1 unspecified atom stereocenters. The average Bonchev–Trinajstić information content (AvgIpc) is 2.85. The van der Waals surface area contributed by atoms with Gasteiger partial charge in [-0.25, -0.2) is 0 Å². The predicted molar refractivity (Wildman–Crippen MR) is 132 cm³/mol. The zero-order valence-corrected chi connectivity index (χ0v) is 21.6. The Kier molecular flexibility index (Phi) is 11.2. The standard InChI is InChI=1S/C24H44N4O9/c1-24(33)12-34-23(18(32)21(24)27-2)36-19-13(6-9-30)10-16(26)20(17(19)31)37-22-15(25)5-4-14(35-22)11-28-7-3-8-29/h4,9,13,15-23,27-29,31-33H,3,5-8,10-12,25-26H2,1-2H3/t13-,15-,16+,17-,18-,19+,20?,21-,22-,23-,24+/m1/s1. The molecule has 10 N–H and O–H groups in total. The van der Waals surface area contributed by atoms with Crippen LogP contribution in [-0.4, -0.2) is 121 Å². The molecule has 37 heavy (non-hydrogen) atoms. The first kappa shape index (κ1) is 30.3. The summed E-state index contributed by atoms with van der Waals surface area (Å²) in [7, 11) is 1.61. The summed E-state index contributed by atoms with van der Waals surface area (Å²) >= 11 is 0. The minimum absolute atomic E-state index is 0.0873. The van der Waals surface area contributed by atoms with Crippen molar-refractivity contribution in [1.29, 1.82) is 0 Å². The number of carbonyl (C=O) groups is 1. The molecule has 214 valence electrons. The van der Waals surface area contributed by atoms with Crippen molar-refractivity contribution in [2.24, 2.45) is 17.4 Å². The van der Waals surface area contributed by atoms with E-state index in [-0.39, 0.29) is 19.6 Å². The zero-order chi connectivity index (χ0) is 27.2. The number of carbonyl (C=O) groups excluding carboxylic acids is 1. The summed E-state index contributed by atoms with van der Waals surface area (Å²) in [6.07, 6.45) is -2.27. The van der Waals surface area contributed by atoms with Crippen LogP contribution in [-0.2, 0) is 23.7 Å². The summed E-state index contributed by atoms with van der Waals surface area (Å²) in [5.74, 6) is 0.194. The Labute approximate surface area is 217 Å². The van der Waals surface area contributed by atoms with Gasteiger partial charge in [-0.3, -0.25) is 0 Å². The average molecular weight is 533 g/mol. The lowest BCUT2D eigenvalue weighted by Gasteiger charge is -2.48. The number of likely N-dealkylation sites (N-methyl/N-ethyl adjacent to an activating group) is 1. The highest BCUT2D eigenvalue weighted by Gasteiger charge is 2.51. The van der Waals surface area contributed by atoms with Gasteiger partial charge in [-0.15, -0.1) is 0 Å². The van der Waals surface area contributed by atoms with Crippen LogP contribution in [0, 0.1) is 5.92 Å². The topological polar surface area (TPSA) is 211 Å². The summed E-state index contributed by atoms with van der Waals surface area (Å²) in [4.78, 5) is 11.4. The Balaban J connectivity index is 1.69. The van der Waals surface area contributed by atoms with Gasteiger partial charge in [-0.05, 0) is 51.8 Å². The molecule has 0 radical (unpaired) electrons. The molecule has 0 amide bonds. The third-order valence-corrected chi connectivity index (χ3v) is 7.30. The molecule has 0 aromatic rings. The Bertz CT molecular complexity index is 758. The molecule has 1 aliphatic carbocycles. The van der Waals surface area contributed by atoms with Crippen molar-refractivity contribution in [3.63, 3.8) is 0 Å². The smallest absolute Gasteiger partial charge is 0.215 e. The highest BCUT2D eigenvalue weighted by molar-refractivity contribution is 5.50. The van der Waals surface area contributed by atoms with E-state index < -0.39 is 66.6 Å². The van der Waals surface area contributed by atoms with Crippen molar-refractivity contribution in [1.82, 2.24) is 10.6 Å². The molecule has 0 spiro atoms. The van der Waals surface area contributed by atoms with E-state index in [1.54, 1.807) is 14.0 Å². The summed E-state index contributed by atoms with van der Waals surface area (Å²) in [5.41, 5.74) is 11.3. The van der Waals surface area contributed by atoms with Crippen molar-refractivity contribution in [2.45, 2.75) is 93.3 Å². The van der Waals surface area contributed by atoms with Crippen LogP contribution in [0.4, 0.5) is 0 Å². The number of hydrogen-bond donors (Lipinski definition) is 8. The molecule has 1 saturated heterocycles. The molecule has 13 heteroatoms. The SMILES string of the molecule is CN[C@@H]1[C@@H](O)[C@@H](O[C@H]2[C@H](CC=O)C[C@H](N)C(O[C@H]3OC(CNCCCO)=CC[C@H]3N)[C@@H]2O)OC[C@]1(C)O. The molecule has 0 bridgehead atoms. The van der Waals surface area contributed by atoms with Crippen molar-refractivity contribution in [3.05, 3.63) is 11.8 Å². The van der Waals surface area contributed by atoms with Gasteiger partial charge in [0.2, 0.25) is 6.29 Å². The molecule has 1 saturated carbocycles. The van der Waals surface area contributed by atoms with Gasteiger partial charge in [0.15, 0.2) is 6.29 Å². The highest BCUT2D eigenvalue weighted by atomic mass is 16.7. The first-order valence-corrected chi connectivity index (χ1v) is 12.9. The number of nitrogens with two attached hydrogens (primary N) is 2. The van der Waals surface area contributed by atoms with E-state index >= 15 is 0 Å². The molecule has 0 aromatic carbocycles. The summed E-state index contributed by atoms with van der Waals surface area (Å²) in [6, 6.07) is -1.86. The van der Waals surface area contributed by atoms with Crippen molar-refractivity contribution in [3.8, 4) is 0 Å². The Hall–Kier alpha value is -1.23. The van der Waals surface area contributed by atoms with E-state index in [0.717, 1.165) is 6.29 Å². The molecular weight excluding hydrogens is 488 g/mol. The van der Waals surface area contributed by atoms with E-state index in [2.05, 4.69) is 10.6 Å². The predicted octanol–water partition coefficient (Wildman–Crippen LogP) is -2.96. The van der Waals surface area contributed by atoms with E-state index in [1.807, 2.05) is 6.08 Å². The van der Waals surface area contributed by atoms with Gasteiger partial charge in [0.05, 0.1) is 31.3 Å². The summed E-state index contributed by atoms with van der Waals surface area (Å²) < 4.78 is 23.7. The van der Waals surface area contributed by atoms with Gasteiger partial charge in [0.1, 0.15) is 36.0 Å². The van der Waals surface area contributed by atoms with Gasteiger partial charge in [-0.2, -0.15) is 0 Å². The number of nitrogens with one attached hydrogen (secondary N) is 2. The van der Waals surface area contributed by atoms with Crippen molar-refractivity contribution < 1.29 is 44.2 Å². The third kappa shape index (κ3) is 7.46. The maximum atomic E-state index is 11.4. The lowest BCUT2D eigenvalue weighted by Crippen LogP contribution is -2.67. The van der Waals surface area contributed by atoms with Gasteiger partial charge in [0.25, 0.3) is 0 Å². The van der Waals surface area contributed by atoms with Crippen LogP contribution in [0.2, 0.25) is 0 Å². The number of aliphatic hydroxyl groups excluding tert-OH is 3. The zero-order valence-electron chi connectivity index (χ0n) is 21.6. The van der Waals surface area contributed by atoms with Crippen LogP contribution in [0.3, 0.4) is 0 Å². The monoisotopic (exact) mass is 532 g/mol. The van der Waals surface area contributed by atoms with E-state index in [9.17, 15) is 20.1 Å². The number of aliphatic hydroxyl groups is 4. The molecule has 2 aliphatic heterocycles. The van der Waals surface area contributed by atoms with E-state index in [1.165, 1.54) is 0 Å².